The van der Waals surface area contributed by atoms with Crippen LogP contribution >= 0.6 is 11.6 Å². The van der Waals surface area contributed by atoms with Crippen molar-refractivity contribution in [1.29, 1.82) is 0 Å². The minimum atomic E-state index is 0.0901. The first-order valence-electron chi connectivity index (χ1n) is 8.96. The molecular formula is C23H17ClN4O. The SMILES string of the molecule is Oc1ccc(Cl)cc1C=Nc1nc(-c2ccccc2)cn1/N=C/c1ccccc1. The lowest BCUT2D eigenvalue weighted by Gasteiger charge is -1.99. The number of aliphatic imine (C=N–C) groups is 1. The van der Waals surface area contributed by atoms with E-state index in [9.17, 15) is 5.11 Å². The molecule has 0 aliphatic rings. The van der Waals surface area contributed by atoms with Gasteiger partial charge in [-0.2, -0.15) is 5.10 Å². The number of hydrogen-bond donors (Lipinski definition) is 1. The average molecular weight is 401 g/mol. The second-order valence-electron chi connectivity index (χ2n) is 6.25. The third-order valence-electron chi connectivity index (χ3n) is 4.18. The lowest BCUT2D eigenvalue weighted by molar-refractivity contribution is 0.474. The first-order valence-corrected chi connectivity index (χ1v) is 9.34. The Kier molecular flexibility index (Phi) is 5.49. The Bertz CT molecular complexity index is 1170. The molecule has 142 valence electrons. The van der Waals surface area contributed by atoms with Gasteiger partial charge in [0.15, 0.2) is 0 Å². The van der Waals surface area contributed by atoms with Crippen LogP contribution in [0.4, 0.5) is 5.95 Å². The molecule has 0 aliphatic carbocycles. The van der Waals surface area contributed by atoms with Gasteiger partial charge in [-0.15, -0.1) is 0 Å². The maximum absolute atomic E-state index is 10.0. The van der Waals surface area contributed by atoms with Crippen molar-refractivity contribution in [1.82, 2.24) is 9.66 Å². The summed E-state index contributed by atoms with van der Waals surface area (Å²) in [6.07, 6.45) is 5.08. The van der Waals surface area contributed by atoms with Crippen molar-refractivity contribution >= 4 is 30.0 Å². The number of phenols is 1. The average Bonchev–Trinajstić information content (AvgIpc) is 3.17. The Morgan fingerprint density at radius 2 is 1.62 bits per heavy atom. The molecule has 0 fully saturated rings. The smallest absolute Gasteiger partial charge is 0.251 e. The zero-order valence-electron chi connectivity index (χ0n) is 15.4. The summed E-state index contributed by atoms with van der Waals surface area (Å²) in [6.45, 7) is 0. The highest BCUT2D eigenvalue weighted by Gasteiger charge is 2.08. The molecule has 3 aromatic carbocycles. The van der Waals surface area contributed by atoms with Crippen LogP contribution in [0.5, 0.6) is 5.75 Å². The third kappa shape index (κ3) is 4.59. The molecular weight excluding hydrogens is 384 g/mol. The molecule has 0 radical (unpaired) electrons. The minimum Gasteiger partial charge on any atom is -0.507 e. The monoisotopic (exact) mass is 400 g/mol. The van der Waals surface area contributed by atoms with Crippen molar-refractivity contribution in [2.45, 2.75) is 0 Å². The lowest BCUT2D eigenvalue weighted by atomic mass is 10.2. The van der Waals surface area contributed by atoms with Crippen LogP contribution in [0.25, 0.3) is 11.3 Å². The predicted molar refractivity (Wildman–Crippen MR) is 117 cm³/mol. The predicted octanol–water partition coefficient (Wildman–Crippen LogP) is 5.54. The van der Waals surface area contributed by atoms with E-state index in [0.29, 0.717) is 16.5 Å². The van der Waals surface area contributed by atoms with Gasteiger partial charge in [-0.25, -0.2) is 14.7 Å². The first-order chi connectivity index (χ1) is 14.2. The van der Waals surface area contributed by atoms with Gasteiger partial charge in [-0.05, 0) is 23.8 Å². The Morgan fingerprint density at radius 1 is 0.897 bits per heavy atom. The standard InChI is InChI=1S/C23H17ClN4O/c24-20-11-12-22(29)19(13-20)15-25-23-27-21(18-9-5-2-6-10-18)16-28(23)26-14-17-7-3-1-4-8-17/h1-16,29H/b25-15?,26-14+. The van der Waals surface area contributed by atoms with Crippen molar-refractivity contribution < 1.29 is 5.11 Å². The molecule has 0 aliphatic heterocycles. The molecule has 0 spiro atoms. The quantitative estimate of drug-likeness (QED) is 0.447. The van der Waals surface area contributed by atoms with Crippen LogP contribution in [-0.4, -0.2) is 27.2 Å². The van der Waals surface area contributed by atoms with E-state index in [4.69, 9.17) is 11.6 Å². The van der Waals surface area contributed by atoms with E-state index in [-0.39, 0.29) is 5.75 Å². The summed E-state index contributed by atoms with van der Waals surface area (Å²) >= 11 is 6.01. The third-order valence-corrected chi connectivity index (χ3v) is 4.41. The Morgan fingerprint density at radius 3 is 2.38 bits per heavy atom. The van der Waals surface area contributed by atoms with E-state index < -0.39 is 0 Å². The summed E-state index contributed by atoms with van der Waals surface area (Å²) in [6, 6.07) is 24.4. The molecule has 0 amide bonds. The molecule has 0 saturated heterocycles. The van der Waals surface area contributed by atoms with Gasteiger partial charge in [0.05, 0.1) is 18.1 Å². The van der Waals surface area contributed by atoms with Crippen LogP contribution in [-0.2, 0) is 0 Å². The highest BCUT2D eigenvalue weighted by Crippen LogP contribution is 2.24. The van der Waals surface area contributed by atoms with Crippen molar-refractivity contribution in [3.8, 4) is 17.0 Å². The zero-order chi connectivity index (χ0) is 20.1. The minimum absolute atomic E-state index is 0.0901. The second kappa shape index (κ2) is 8.54. The van der Waals surface area contributed by atoms with Crippen LogP contribution in [0.2, 0.25) is 5.02 Å². The van der Waals surface area contributed by atoms with Gasteiger partial charge in [0, 0.05) is 22.4 Å². The van der Waals surface area contributed by atoms with E-state index in [1.807, 2.05) is 66.9 Å². The Balaban J connectivity index is 1.72. The van der Waals surface area contributed by atoms with Gasteiger partial charge in [-0.3, -0.25) is 0 Å². The van der Waals surface area contributed by atoms with Gasteiger partial charge in [0.25, 0.3) is 5.95 Å². The van der Waals surface area contributed by atoms with Gasteiger partial charge in [0.1, 0.15) is 5.75 Å². The topological polar surface area (TPSA) is 62.8 Å². The molecule has 6 heteroatoms. The molecule has 5 nitrogen and oxygen atoms in total. The number of halogens is 1. The van der Waals surface area contributed by atoms with Gasteiger partial charge >= 0.3 is 0 Å². The van der Waals surface area contributed by atoms with Crippen molar-refractivity contribution in [2.75, 3.05) is 0 Å². The summed E-state index contributed by atoms with van der Waals surface area (Å²) in [7, 11) is 0. The van der Waals surface area contributed by atoms with Gasteiger partial charge in [0.2, 0.25) is 0 Å². The number of phenolic OH excluding ortho intramolecular Hbond substituents is 1. The largest absolute Gasteiger partial charge is 0.507 e. The Labute approximate surface area is 173 Å². The fourth-order valence-electron chi connectivity index (χ4n) is 2.71. The van der Waals surface area contributed by atoms with E-state index in [1.54, 1.807) is 23.0 Å². The molecule has 29 heavy (non-hydrogen) atoms. The highest BCUT2D eigenvalue weighted by molar-refractivity contribution is 6.30. The maximum Gasteiger partial charge on any atom is 0.251 e. The molecule has 4 rings (SSSR count). The van der Waals surface area contributed by atoms with E-state index in [0.717, 1.165) is 16.8 Å². The number of rotatable bonds is 5. The zero-order valence-corrected chi connectivity index (χ0v) is 16.1. The number of benzene rings is 3. The summed E-state index contributed by atoms with van der Waals surface area (Å²) < 4.78 is 1.60. The second-order valence-corrected chi connectivity index (χ2v) is 6.69. The fourth-order valence-corrected chi connectivity index (χ4v) is 2.89. The molecule has 0 unspecified atom stereocenters. The van der Waals surface area contributed by atoms with Crippen molar-refractivity contribution in [2.24, 2.45) is 10.1 Å². The Hall–Kier alpha value is -3.70. The van der Waals surface area contributed by atoms with E-state index in [1.165, 1.54) is 12.3 Å². The van der Waals surface area contributed by atoms with E-state index >= 15 is 0 Å². The van der Waals surface area contributed by atoms with Crippen LogP contribution in [0.1, 0.15) is 11.1 Å². The van der Waals surface area contributed by atoms with Crippen LogP contribution in [0.15, 0.2) is 95.2 Å². The summed E-state index contributed by atoms with van der Waals surface area (Å²) in [5.41, 5.74) is 3.17. The van der Waals surface area contributed by atoms with Crippen LogP contribution in [0.3, 0.4) is 0 Å². The number of hydrogen-bond acceptors (Lipinski definition) is 4. The van der Waals surface area contributed by atoms with Crippen molar-refractivity contribution in [3.63, 3.8) is 0 Å². The molecule has 0 saturated carbocycles. The molecule has 4 aromatic rings. The number of nitrogens with zero attached hydrogens (tertiary/aromatic N) is 4. The van der Waals surface area contributed by atoms with Crippen LogP contribution in [0, 0.1) is 0 Å². The van der Waals surface area contributed by atoms with Gasteiger partial charge < -0.3 is 5.11 Å². The summed E-state index contributed by atoms with van der Waals surface area (Å²) in [5.74, 6) is 0.475. The molecule has 1 N–H and O–H groups in total. The number of imidazole rings is 1. The van der Waals surface area contributed by atoms with Gasteiger partial charge in [-0.1, -0.05) is 72.3 Å². The summed E-state index contributed by atoms with van der Waals surface area (Å²) in [4.78, 5) is 9.03. The number of aromatic nitrogens is 2. The highest BCUT2D eigenvalue weighted by atomic mass is 35.5. The molecule has 0 atom stereocenters. The van der Waals surface area contributed by atoms with Crippen LogP contribution < -0.4 is 0 Å². The van der Waals surface area contributed by atoms with E-state index in [2.05, 4.69) is 15.1 Å². The summed E-state index contributed by atoms with van der Waals surface area (Å²) in [5, 5.41) is 15.0. The lowest BCUT2D eigenvalue weighted by Crippen LogP contribution is -1.90. The normalized spacial score (nSPS) is 11.5. The molecule has 1 heterocycles. The molecule has 0 bridgehead atoms. The fraction of sp³-hybridized carbons (Fsp3) is 0. The van der Waals surface area contributed by atoms with Crippen molar-refractivity contribution in [3.05, 3.63) is 101 Å². The first kappa shape index (κ1) is 18.7. The maximum atomic E-state index is 10.0. The molecule has 1 aromatic heterocycles. The number of aromatic hydroxyl groups is 1.